The van der Waals surface area contributed by atoms with Crippen molar-refractivity contribution in [2.45, 2.75) is 26.9 Å². The first kappa shape index (κ1) is 17.3. The predicted octanol–water partition coefficient (Wildman–Crippen LogP) is 5.17. The Kier molecular flexibility index (Phi) is 3.94. The molecule has 2 aromatic rings. The largest absolute Gasteiger partial charge is 0.511 e. The molecule has 3 nitrogen and oxygen atoms in total. The molecule has 0 aromatic heterocycles. The lowest BCUT2D eigenvalue weighted by Crippen LogP contribution is -2.22. The van der Waals surface area contributed by atoms with Crippen LogP contribution in [-0.4, -0.2) is 10.9 Å². The fourth-order valence-electron chi connectivity index (χ4n) is 5.41. The SMILES string of the molecule is Cc1cc(OCc2ccccc2)cc(C)c1C1=C(O)[C@@H]2[C@H](C1=O)[C@H]1C=C[C@@H]2C1. The van der Waals surface area contributed by atoms with Crippen LogP contribution < -0.4 is 4.74 Å². The number of hydrogen-bond acceptors (Lipinski definition) is 3. The number of benzene rings is 2. The fraction of sp³-hybridized carbons (Fsp3) is 0.320. The summed E-state index contributed by atoms with van der Waals surface area (Å²) in [6, 6.07) is 14.0. The second-order valence-electron chi connectivity index (χ2n) is 8.33. The standard InChI is InChI=1S/C25H24O3/c1-14-10-19(28-13-16-6-4-3-5-7-16)11-15(2)20(14)23-24(26)21-17-8-9-18(12-17)22(21)25(23)27/h3-11,17-18,21-22,26H,12-13H2,1-2H3/t17-,18+,21+,22-/m1/s1. The van der Waals surface area contributed by atoms with Crippen LogP contribution in [0, 0.1) is 37.5 Å². The normalized spacial score (nSPS) is 27.6. The van der Waals surface area contributed by atoms with Crippen LogP contribution in [0.5, 0.6) is 5.75 Å². The van der Waals surface area contributed by atoms with Crippen LogP contribution in [0.2, 0.25) is 0 Å². The molecule has 0 saturated heterocycles. The number of aliphatic hydroxyl groups excluding tert-OH is 1. The molecular formula is C25H24O3. The lowest BCUT2D eigenvalue weighted by atomic mass is 9.84. The average molecular weight is 372 g/mol. The summed E-state index contributed by atoms with van der Waals surface area (Å²) in [7, 11) is 0. The number of allylic oxidation sites excluding steroid dienone is 4. The van der Waals surface area contributed by atoms with Crippen LogP contribution in [0.15, 0.2) is 60.4 Å². The van der Waals surface area contributed by atoms with Gasteiger partial charge in [0.2, 0.25) is 0 Å². The van der Waals surface area contributed by atoms with Crippen LogP contribution >= 0.6 is 0 Å². The van der Waals surface area contributed by atoms with Gasteiger partial charge in [0, 0.05) is 11.8 Å². The first-order chi connectivity index (χ1) is 13.5. The molecule has 1 fully saturated rings. The lowest BCUT2D eigenvalue weighted by Gasteiger charge is -2.19. The molecule has 0 radical (unpaired) electrons. The quantitative estimate of drug-likeness (QED) is 0.753. The minimum atomic E-state index is -0.0715. The van der Waals surface area contributed by atoms with E-state index in [1.54, 1.807) is 0 Å². The highest BCUT2D eigenvalue weighted by Gasteiger charge is 2.55. The number of Topliss-reactive ketones (excluding diaryl/α,β-unsaturated/α-hetero) is 1. The van der Waals surface area contributed by atoms with E-state index in [-0.39, 0.29) is 23.5 Å². The Morgan fingerprint density at radius 3 is 2.29 bits per heavy atom. The minimum absolute atomic E-state index is 0.0229. The number of carbonyl (C=O) groups is 1. The highest BCUT2D eigenvalue weighted by molar-refractivity contribution is 6.25. The van der Waals surface area contributed by atoms with Crippen LogP contribution in [0.25, 0.3) is 5.57 Å². The van der Waals surface area contributed by atoms with Gasteiger partial charge in [-0.05, 0) is 66.5 Å². The van der Waals surface area contributed by atoms with E-state index in [2.05, 4.69) is 12.2 Å². The molecule has 1 N–H and O–H groups in total. The van der Waals surface area contributed by atoms with Gasteiger partial charge in [-0.1, -0.05) is 42.5 Å². The highest BCUT2D eigenvalue weighted by Crippen LogP contribution is 2.57. The molecule has 142 valence electrons. The molecule has 4 atom stereocenters. The Hall–Kier alpha value is -2.81. The molecule has 2 bridgehead atoms. The van der Waals surface area contributed by atoms with Crippen molar-refractivity contribution >= 4 is 11.4 Å². The molecule has 3 aliphatic rings. The summed E-state index contributed by atoms with van der Waals surface area (Å²) >= 11 is 0. The number of hydrogen-bond donors (Lipinski definition) is 1. The van der Waals surface area contributed by atoms with Crippen molar-refractivity contribution in [3.05, 3.63) is 82.6 Å². The van der Waals surface area contributed by atoms with Crippen LogP contribution in [0.3, 0.4) is 0 Å². The summed E-state index contributed by atoms with van der Waals surface area (Å²) in [6.45, 7) is 4.49. The summed E-state index contributed by atoms with van der Waals surface area (Å²) < 4.78 is 5.97. The monoisotopic (exact) mass is 372 g/mol. The summed E-state index contributed by atoms with van der Waals surface area (Å²) in [4.78, 5) is 13.2. The lowest BCUT2D eigenvalue weighted by molar-refractivity contribution is -0.118. The van der Waals surface area contributed by atoms with E-state index in [9.17, 15) is 9.90 Å². The zero-order valence-electron chi connectivity index (χ0n) is 16.2. The molecule has 28 heavy (non-hydrogen) atoms. The highest BCUT2D eigenvalue weighted by atomic mass is 16.5. The van der Waals surface area contributed by atoms with Crippen molar-refractivity contribution in [2.75, 3.05) is 0 Å². The zero-order valence-corrected chi connectivity index (χ0v) is 16.2. The Morgan fingerprint density at radius 1 is 1.00 bits per heavy atom. The molecular weight excluding hydrogens is 348 g/mol. The summed E-state index contributed by atoms with van der Waals surface area (Å²) in [5.74, 6) is 1.71. The van der Waals surface area contributed by atoms with E-state index in [4.69, 9.17) is 4.74 Å². The third kappa shape index (κ3) is 2.53. The van der Waals surface area contributed by atoms with Gasteiger partial charge in [-0.15, -0.1) is 0 Å². The van der Waals surface area contributed by atoms with Gasteiger partial charge in [-0.3, -0.25) is 4.79 Å². The predicted molar refractivity (Wildman–Crippen MR) is 109 cm³/mol. The van der Waals surface area contributed by atoms with Gasteiger partial charge < -0.3 is 9.84 Å². The molecule has 0 spiro atoms. The van der Waals surface area contributed by atoms with Crippen molar-refractivity contribution in [1.29, 1.82) is 0 Å². The number of ketones is 1. The number of aryl methyl sites for hydroxylation is 2. The minimum Gasteiger partial charge on any atom is -0.511 e. The van der Waals surface area contributed by atoms with Crippen LogP contribution in [0.4, 0.5) is 0 Å². The van der Waals surface area contributed by atoms with Crippen LogP contribution in [0.1, 0.15) is 28.7 Å². The Balaban J connectivity index is 1.46. The molecule has 1 saturated carbocycles. The molecule has 0 unspecified atom stereocenters. The molecule has 0 heterocycles. The van der Waals surface area contributed by atoms with Crippen molar-refractivity contribution in [1.82, 2.24) is 0 Å². The second-order valence-corrected chi connectivity index (χ2v) is 8.33. The van der Waals surface area contributed by atoms with E-state index < -0.39 is 0 Å². The van der Waals surface area contributed by atoms with Crippen molar-refractivity contribution in [2.24, 2.45) is 23.7 Å². The van der Waals surface area contributed by atoms with E-state index in [1.165, 1.54) is 0 Å². The van der Waals surface area contributed by atoms with E-state index in [1.807, 2.05) is 56.3 Å². The maximum atomic E-state index is 13.2. The molecule has 3 aliphatic carbocycles. The van der Waals surface area contributed by atoms with E-state index in [0.717, 1.165) is 34.4 Å². The topological polar surface area (TPSA) is 46.5 Å². The number of aliphatic hydroxyl groups is 1. The third-order valence-corrected chi connectivity index (χ3v) is 6.58. The maximum Gasteiger partial charge on any atom is 0.171 e. The maximum absolute atomic E-state index is 13.2. The summed E-state index contributed by atoms with van der Waals surface area (Å²) in [5.41, 5.74) is 4.47. The van der Waals surface area contributed by atoms with Crippen molar-refractivity contribution in [3.8, 4) is 5.75 Å². The van der Waals surface area contributed by atoms with E-state index in [0.29, 0.717) is 23.9 Å². The zero-order chi connectivity index (χ0) is 19.4. The number of ether oxygens (including phenoxy) is 1. The second kappa shape index (κ2) is 6.37. The van der Waals surface area contributed by atoms with Gasteiger partial charge in [0.25, 0.3) is 0 Å². The third-order valence-electron chi connectivity index (χ3n) is 6.58. The average Bonchev–Trinajstić information content (AvgIpc) is 3.36. The van der Waals surface area contributed by atoms with Gasteiger partial charge in [0.1, 0.15) is 18.1 Å². The van der Waals surface area contributed by atoms with Gasteiger partial charge in [0.05, 0.1) is 5.57 Å². The molecule has 0 amide bonds. The molecule has 5 rings (SSSR count). The van der Waals surface area contributed by atoms with Gasteiger partial charge in [-0.2, -0.15) is 0 Å². The first-order valence-corrected chi connectivity index (χ1v) is 9.98. The first-order valence-electron chi connectivity index (χ1n) is 9.98. The smallest absolute Gasteiger partial charge is 0.171 e. The summed E-state index contributed by atoms with van der Waals surface area (Å²) in [5, 5.41) is 11.0. The fourth-order valence-corrected chi connectivity index (χ4v) is 5.41. The molecule has 0 aliphatic heterocycles. The molecule has 3 heteroatoms. The summed E-state index contributed by atoms with van der Waals surface area (Å²) in [6.07, 6.45) is 5.35. The number of rotatable bonds is 4. The molecule has 2 aromatic carbocycles. The number of carbonyl (C=O) groups excluding carboxylic acids is 1. The van der Waals surface area contributed by atoms with Gasteiger partial charge in [0.15, 0.2) is 5.78 Å². The van der Waals surface area contributed by atoms with Gasteiger partial charge in [-0.25, -0.2) is 0 Å². The van der Waals surface area contributed by atoms with Crippen LogP contribution in [-0.2, 0) is 11.4 Å². The number of fused-ring (bicyclic) bond motifs is 5. The van der Waals surface area contributed by atoms with E-state index >= 15 is 0 Å². The van der Waals surface area contributed by atoms with Gasteiger partial charge >= 0.3 is 0 Å². The Labute approximate surface area is 165 Å². The Bertz CT molecular complexity index is 992. The Morgan fingerprint density at radius 2 is 1.64 bits per heavy atom. The van der Waals surface area contributed by atoms with Crippen molar-refractivity contribution < 1.29 is 14.6 Å². The van der Waals surface area contributed by atoms with Crippen molar-refractivity contribution in [3.63, 3.8) is 0 Å².